The van der Waals surface area contributed by atoms with Crippen LogP contribution in [0.15, 0.2) is 18.3 Å². The quantitative estimate of drug-likeness (QED) is 0.436. The van der Waals surface area contributed by atoms with Gasteiger partial charge in [0.2, 0.25) is 0 Å². The maximum Gasteiger partial charge on any atom is 0.0999 e. The Morgan fingerprint density at radius 2 is 2.09 bits per heavy atom. The van der Waals surface area contributed by atoms with Crippen molar-refractivity contribution in [1.82, 2.24) is 4.57 Å². The molecule has 0 fully saturated rings. The summed E-state index contributed by atoms with van der Waals surface area (Å²) in [5.74, 6) is 0. The fraction of sp³-hybridized carbons (Fsp3) is 0.333. The van der Waals surface area contributed by atoms with E-state index in [2.05, 4.69) is 31.8 Å². The number of aromatic nitrogens is 1. The van der Waals surface area contributed by atoms with Gasteiger partial charge in [0.25, 0.3) is 0 Å². The van der Waals surface area contributed by atoms with E-state index < -0.39 is 8.07 Å². The predicted molar refractivity (Wildman–Crippen MR) is 51.6 cm³/mol. The van der Waals surface area contributed by atoms with Gasteiger partial charge >= 0.3 is 0 Å². The van der Waals surface area contributed by atoms with E-state index in [9.17, 15) is 0 Å². The zero-order valence-corrected chi connectivity index (χ0v) is 8.26. The normalized spacial score (nSPS) is 11.1. The third-order valence-corrected chi connectivity index (χ3v) is 3.60. The number of nitrogens with zero attached hydrogens (tertiary/aromatic N) is 1. The van der Waals surface area contributed by atoms with Gasteiger partial charge in [-0.2, -0.15) is 0 Å². The van der Waals surface area contributed by atoms with Gasteiger partial charge in [-0.05, 0) is 12.1 Å². The van der Waals surface area contributed by atoms with Gasteiger partial charge in [0.05, 0.1) is 8.07 Å². The molecule has 0 atom stereocenters. The first kappa shape index (κ1) is 8.16. The first-order valence-electron chi connectivity index (χ1n) is 3.70. The number of hydrogen-bond acceptors (Lipinski definition) is 0. The second-order valence-electron chi connectivity index (χ2n) is 3.64. The smallest absolute Gasteiger partial charge is 0.0999 e. The fourth-order valence-corrected chi connectivity index (χ4v) is 2.56. The van der Waals surface area contributed by atoms with Crippen LogP contribution in [-0.4, -0.2) is 12.6 Å². The lowest BCUT2D eigenvalue weighted by Gasteiger charge is -2.15. The van der Waals surface area contributed by atoms with Crippen LogP contribution < -0.4 is 5.32 Å². The summed E-state index contributed by atoms with van der Waals surface area (Å²) in [5, 5.41) is 1.32. The molecule has 0 N–H and O–H groups in total. The van der Waals surface area contributed by atoms with E-state index >= 15 is 0 Å². The lowest BCUT2D eigenvalue weighted by Crippen LogP contribution is -2.41. The molecule has 0 aliphatic rings. The molecule has 0 spiro atoms. The maximum absolute atomic E-state index is 5.33. The molecule has 0 aromatic carbocycles. The molecule has 11 heavy (non-hydrogen) atoms. The average Bonchev–Trinajstić information content (AvgIpc) is 2.31. The predicted octanol–water partition coefficient (Wildman–Crippen LogP) is 1.47. The lowest BCUT2D eigenvalue weighted by atomic mass is 10.7. The molecule has 1 aromatic rings. The van der Waals surface area contributed by atoms with Crippen LogP contribution in [0, 0.1) is 12.5 Å². The Labute approximate surface area is 69.1 Å². The van der Waals surface area contributed by atoms with Crippen LogP contribution in [0.4, 0.5) is 0 Å². The van der Waals surface area contributed by atoms with Crippen molar-refractivity contribution in [2.75, 3.05) is 0 Å². The second kappa shape index (κ2) is 2.59. The van der Waals surface area contributed by atoms with Crippen molar-refractivity contribution < 1.29 is 0 Å². The van der Waals surface area contributed by atoms with Crippen LogP contribution in [0.25, 0.3) is 0 Å². The summed E-state index contributed by atoms with van der Waals surface area (Å²) < 4.78 is 1.88. The standard InChI is InChI=1S/C9H13NSi/c1-5-10-8-6-7-9(10)11(2,3)4/h1,6-8H,2-4H3. The molecule has 1 aromatic heterocycles. The minimum atomic E-state index is -1.23. The number of rotatable bonds is 1. The SMILES string of the molecule is C#Cn1cccc1[Si](C)(C)C. The number of terminal acetylenes is 1. The largest absolute Gasteiger partial charge is 0.286 e. The molecule has 0 saturated heterocycles. The molecule has 1 nitrogen and oxygen atoms in total. The molecular weight excluding hydrogens is 150 g/mol. The zero-order chi connectivity index (χ0) is 8.48. The third-order valence-electron chi connectivity index (χ3n) is 1.66. The monoisotopic (exact) mass is 163 g/mol. The highest BCUT2D eigenvalue weighted by atomic mass is 28.3. The van der Waals surface area contributed by atoms with Crippen LogP contribution >= 0.6 is 0 Å². The molecule has 0 bridgehead atoms. The van der Waals surface area contributed by atoms with Crippen LogP contribution in [0.5, 0.6) is 0 Å². The van der Waals surface area contributed by atoms with E-state index in [-0.39, 0.29) is 0 Å². The summed E-state index contributed by atoms with van der Waals surface area (Å²) in [5.41, 5.74) is 0. The highest BCUT2D eigenvalue weighted by molar-refractivity contribution is 6.88. The van der Waals surface area contributed by atoms with Crippen molar-refractivity contribution in [3.63, 3.8) is 0 Å². The van der Waals surface area contributed by atoms with E-state index in [1.807, 2.05) is 16.8 Å². The van der Waals surface area contributed by atoms with E-state index in [0.717, 1.165) is 0 Å². The molecule has 0 radical (unpaired) electrons. The Bertz CT molecular complexity index is 285. The van der Waals surface area contributed by atoms with Crippen molar-refractivity contribution in [1.29, 1.82) is 0 Å². The maximum atomic E-state index is 5.33. The average molecular weight is 163 g/mol. The molecule has 58 valence electrons. The Hall–Kier alpha value is -0.943. The van der Waals surface area contributed by atoms with Gasteiger partial charge < -0.3 is 0 Å². The first-order chi connectivity index (χ1) is 5.05. The summed E-state index contributed by atoms with van der Waals surface area (Å²) in [6, 6.07) is 6.76. The number of hydrogen-bond donors (Lipinski definition) is 0. The fourth-order valence-electron chi connectivity index (χ4n) is 1.10. The lowest BCUT2D eigenvalue weighted by molar-refractivity contribution is 1.18. The zero-order valence-electron chi connectivity index (χ0n) is 7.26. The second-order valence-corrected chi connectivity index (χ2v) is 8.65. The molecule has 0 saturated carbocycles. The van der Waals surface area contributed by atoms with Gasteiger partial charge in [-0.15, -0.1) is 0 Å². The summed E-state index contributed by atoms with van der Waals surface area (Å²) in [7, 11) is -1.23. The van der Waals surface area contributed by atoms with Crippen LogP contribution in [0.1, 0.15) is 0 Å². The van der Waals surface area contributed by atoms with Gasteiger partial charge in [-0.1, -0.05) is 26.1 Å². The summed E-state index contributed by atoms with van der Waals surface area (Å²) in [6.07, 6.45) is 7.27. The highest BCUT2D eigenvalue weighted by Crippen LogP contribution is 2.01. The van der Waals surface area contributed by atoms with Crippen molar-refractivity contribution in [3.8, 4) is 12.5 Å². The van der Waals surface area contributed by atoms with E-state index in [0.29, 0.717) is 0 Å². The highest BCUT2D eigenvalue weighted by Gasteiger charge is 2.19. The van der Waals surface area contributed by atoms with Crippen molar-refractivity contribution in [2.24, 2.45) is 0 Å². The van der Waals surface area contributed by atoms with E-state index in [4.69, 9.17) is 6.42 Å². The Morgan fingerprint density at radius 3 is 2.45 bits per heavy atom. The topological polar surface area (TPSA) is 4.93 Å². The van der Waals surface area contributed by atoms with E-state index in [1.54, 1.807) is 0 Å². The summed E-state index contributed by atoms with van der Waals surface area (Å²) >= 11 is 0. The Morgan fingerprint density at radius 1 is 1.45 bits per heavy atom. The first-order valence-corrected chi connectivity index (χ1v) is 7.20. The van der Waals surface area contributed by atoms with Crippen molar-refractivity contribution in [2.45, 2.75) is 19.6 Å². The third kappa shape index (κ3) is 1.55. The van der Waals surface area contributed by atoms with Gasteiger partial charge in [0.15, 0.2) is 0 Å². The molecule has 0 aliphatic carbocycles. The minimum Gasteiger partial charge on any atom is -0.286 e. The molecular formula is C9H13NSi. The molecule has 0 amide bonds. The molecule has 0 unspecified atom stereocenters. The van der Waals surface area contributed by atoms with Gasteiger partial charge in [0, 0.05) is 17.6 Å². The van der Waals surface area contributed by atoms with Crippen LogP contribution in [0.3, 0.4) is 0 Å². The van der Waals surface area contributed by atoms with Crippen molar-refractivity contribution >= 4 is 13.4 Å². The summed E-state index contributed by atoms with van der Waals surface area (Å²) in [6.45, 7) is 6.86. The van der Waals surface area contributed by atoms with E-state index in [1.165, 1.54) is 5.32 Å². The van der Waals surface area contributed by atoms with Crippen LogP contribution in [-0.2, 0) is 0 Å². The minimum absolute atomic E-state index is 1.23. The van der Waals surface area contributed by atoms with Crippen LogP contribution in [0.2, 0.25) is 19.6 Å². The molecule has 0 aliphatic heterocycles. The van der Waals surface area contributed by atoms with Crippen molar-refractivity contribution in [3.05, 3.63) is 18.3 Å². The Kier molecular flexibility index (Phi) is 1.92. The molecule has 2 heteroatoms. The molecule has 1 rings (SSSR count). The Balaban J connectivity index is 3.15. The summed E-state index contributed by atoms with van der Waals surface area (Å²) in [4.78, 5) is 0. The van der Waals surface area contributed by atoms with Gasteiger partial charge in [0.1, 0.15) is 0 Å². The van der Waals surface area contributed by atoms with Gasteiger partial charge in [-0.25, -0.2) is 0 Å². The van der Waals surface area contributed by atoms with Gasteiger partial charge in [-0.3, -0.25) is 4.57 Å². The molecule has 1 heterocycles.